The predicted octanol–water partition coefficient (Wildman–Crippen LogP) is 18.7. The van der Waals surface area contributed by atoms with E-state index in [0.717, 1.165) is 0 Å². The van der Waals surface area contributed by atoms with Crippen molar-refractivity contribution < 1.29 is 0 Å². The van der Waals surface area contributed by atoms with Crippen molar-refractivity contribution in [2.75, 3.05) is 0 Å². The van der Waals surface area contributed by atoms with Gasteiger partial charge in [0.25, 0.3) is 0 Å². The fourth-order valence-electron chi connectivity index (χ4n) is 10.6. The Labute approximate surface area is 382 Å². The Morgan fingerprint density at radius 1 is 0.200 bits per heavy atom. The molecule has 12 aromatic carbocycles. The minimum absolute atomic E-state index is 1.21. The van der Waals surface area contributed by atoms with Crippen LogP contribution in [0.4, 0.5) is 0 Å². The van der Waals surface area contributed by atoms with Gasteiger partial charge in [-0.05, 0) is 129 Å². The van der Waals surface area contributed by atoms with Crippen LogP contribution in [0.5, 0.6) is 0 Å². The van der Waals surface area contributed by atoms with E-state index in [2.05, 4.69) is 243 Å². The molecule has 0 spiro atoms. The maximum Gasteiger partial charge on any atom is 0.0434 e. The van der Waals surface area contributed by atoms with Crippen LogP contribution in [0, 0.1) is 0 Å². The Morgan fingerprint density at radius 2 is 0.569 bits per heavy atom. The lowest BCUT2D eigenvalue weighted by Gasteiger charge is -2.19. The van der Waals surface area contributed by atoms with E-state index in [9.17, 15) is 0 Å². The summed E-state index contributed by atoms with van der Waals surface area (Å²) in [5.41, 5.74) is 14.9. The Bertz CT molecular complexity index is 3800. The molecule has 65 heavy (non-hydrogen) atoms. The van der Waals surface area contributed by atoms with Crippen molar-refractivity contribution in [3.05, 3.63) is 243 Å². The molecule has 0 N–H and O–H groups in total. The summed E-state index contributed by atoms with van der Waals surface area (Å²) in [6.07, 6.45) is 0. The standard InChI is InChI=1S/C64H40S/c1-4-19-41(20-5-1)45-37-46(42-21-6-2-7-22-42)39-47(38-45)62-51-27-12-10-25-49(51)61(50-26-11-13-28-52(50)62)44-35-36-48-57-33-18-34-58(64(57)65-59(48)40-44)63-55-31-16-14-29-53(55)60(43-23-8-3-9-24-43)54-30-15-17-32-56(54)63/h1-40H. The van der Waals surface area contributed by atoms with Gasteiger partial charge < -0.3 is 0 Å². The third-order valence-corrected chi connectivity index (χ3v) is 14.6. The molecule has 0 saturated heterocycles. The fraction of sp³-hybridized carbons (Fsp3) is 0. The molecule has 0 aliphatic heterocycles. The van der Waals surface area contributed by atoms with E-state index in [1.807, 2.05) is 11.3 Å². The zero-order valence-corrected chi connectivity index (χ0v) is 36.3. The summed E-state index contributed by atoms with van der Waals surface area (Å²) in [7, 11) is 0. The van der Waals surface area contributed by atoms with Gasteiger partial charge in [-0.1, -0.05) is 218 Å². The van der Waals surface area contributed by atoms with Gasteiger partial charge >= 0.3 is 0 Å². The predicted molar refractivity (Wildman–Crippen MR) is 282 cm³/mol. The van der Waals surface area contributed by atoms with Gasteiger partial charge in [-0.2, -0.15) is 0 Å². The number of fused-ring (bicyclic) bond motifs is 7. The highest BCUT2D eigenvalue weighted by Crippen LogP contribution is 2.50. The Hall–Kier alpha value is -8.10. The molecule has 0 aliphatic rings. The monoisotopic (exact) mass is 840 g/mol. The van der Waals surface area contributed by atoms with Crippen molar-refractivity contribution >= 4 is 74.6 Å². The van der Waals surface area contributed by atoms with E-state index in [0.29, 0.717) is 0 Å². The molecule has 302 valence electrons. The van der Waals surface area contributed by atoms with Crippen molar-refractivity contribution in [2.24, 2.45) is 0 Å². The zero-order valence-electron chi connectivity index (χ0n) is 35.5. The molecule has 13 aromatic rings. The summed E-state index contributed by atoms with van der Waals surface area (Å²) in [5, 5.41) is 12.7. The summed E-state index contributed by atoms with van der Waals surface area (Å²) >= 11 is 1.92. The molecule has 0 radical (unpaired) electrons. The van der Waals surface area contributed by atoms with E-state index in [-0.39, 0.29) is 0 Å². The lowest BCUT2D eigenvalue weighted by atomic mass is 9.84. The first-order valence-corrected chi connectivity index (χ1v) is 23.2. The number of benzene rings is 12. The Morgan fingerprint density at radius 3 is 1.05 bits per heavy atom. The molecule has 0 bridgehead atoms. The van der Waals surface area contributed by atoms with Crippen LogP contribution in [0.3, 0.4) is 0 Å². The third-order valence-electron chi connectivity index (χ3n) is 13.4. The fourth-order valence-corrected chi connectivity index (χ4v) is 11.9. The van der Waals surface area contributed by atoms with Crippen LogP contribution in [0.2, 0.25) is 0 Å². The minimum Gasteiger partial charge on any atom is -0.135 e. The van der Waals surface area contributed by atoms with Crippen molar-refractivity contribution in [1.29, 1.82) is 0 Å². The third kappa shape index (κ3) is 6.12. The normalized spacial score (nSPS) is 11.7. The molecule has 0 unspecified atom stereocenters. The second-order valence-corrected chi connectivity index (χ2v) is 18.1. The SMILES string of the molecule is c1ccc(-c2cc(-c3ccccc3)cc(-c3c4ccccc4c(-c4ccc5c(c4)sc4c(-c6c7ccccc7c(-c7ccccc7)c7ccccc67)cccc45)c4ccccc34)c2)cc1. The highest BCUT2D eigenvalue weighted by molar-refractivity contribution is 7.26. The first-order valence-electron chi connectivity index (χ1n) is 22.4. The summed E-state index contributed by atoms with van der Waals surface area (Å²) in [6, 6.07) is 89.7. The molecular weight excluding hydrogens is 801 g/mol. The van der Waals surface area contributed by atoms with Gasteiger partial charge in [0.15, 0.2) is 0 Å². The van der Waals surface area contributed by atoms with Crippen molar-refractivity contribution in [3.8, 4) is 66.8 Å². The zero-order chi connectivity index (χ0) is 42.8. The van der Waals surface area contributed by atoms with Gasteiger partial charge in [-0.3, -0.25) is 0 Å². The van der Waals surface area contributed by atoms with Crippen molar-refractivity contribution in [2.45, 2.75) is 0 Å². The van der Waals surface area contributed by atoms with Gasteiger partial charge in [-0.15, -0.1) is 11.3 Å². The topological polar surface area (TPSA) is 0 Å². The summed E-state index contributed by atoms with van der Waals surface area (Å²) in [6.45, 7) is 0. The van der Waals surface area contributed by atoms with Crippen LogP contribution >= 0.6 is 11.3 Å². The summed E-state index contributed by atoms with van der Waals surface area (Å²) in [4.78, 5) is 0. The molecule has 1 aromatic heterocycles. The molecule has 0 atom stereocenters. The van der Waals surface area contributed by atoms with Crippen LogP contribution in [-0.2, 0) is 0 Å². The molecule has 0 nitrogen and oxygen atoms in total. The van der Waals surface area contributed by atoms with Gasteiger partial charge in [0, 0.05) is 25.7 Å². The van der Waals surface area contributed by atoms with Gasteiger partial charge in [0.2, 0.25) is 0 Å². The van der Waals surface area contributed by atoms with Crippen molar-refractivity contribution in [1.82, 2.24) is 0 Å². The van der Waals surface area contributed by atoms with E-state index < -0.39 is 0 Å². The van der Waals surface area contributed by atoms with E-state index in [1.54, 1.807) is 0 Å². The minimum atomic E-state index is 1.21. The largest absolute Gasteiger partial charge is 0.135 e. The molecule has 0 saturated carbocycles. The lowest BCUT2D eigenvalue weighted by Crippen LogP contribution is -1.92. The lowest BCUT2D eigenvalue weighted by molar-refractivity contribution is 1.58. The summed E-state index contributed by atoms with van der Waals surface area (Å²) < 4.78 is 2.61. The smallest absolute Gasteiger partial charge is 0.0434 e. The maximum atomic E-state index is 2.45. The average Bonchev–Trinajstić information content (AvgIpc) is 3.76. The van der Waals surface area contributed by atoms with E-state index in [1.165, 1.54) is 130 Å². The average molecular weight is 841 g/mol. The molecule has 0 amide bonds. The number of thiophene rings is 1. The van der Waals surface area contributed by atoms with Crippen molar-refractivity contribution in [3.63, 3.8) is 0 Å². The van der Waals surface area contributed by atoms with Gasteiger partial charge in [0.1, 0.15) is 0 Å². The molecule has 1 heterocycles. The molecule has 13 rings (SSSR count). The van der Waals surface area contributed by atoms with Crippen LogP contribution in [-0.4, -0.2) is 0 Å². The van der Waals surface area contributed by atoms with Crippen LogP contribution in [0.1, 0.15) is 0 Å². The van der Waals surface area contributed by atoms with Gasteiger partial charge in [0.05, 0.1) is 0 Å². The highest BCUT2D eigenvalue weighted by Gasteiger charge is 2.22. The second-order valence-electron chi connectivity index (χ2n) is 17.1. The van der Waals surface area contributed by atoms with Crippen LogP contribution in [0.15, 0.2) is 243 Å². The number of rotatable bonds is 6. The summed E-state index contributed by atoms with van der Waals surface area (Å²) in [5.74, 6) is 0. The van der Waals surface area contributed by atoms with Crippen LogP contribution in [0.25, 0.3) is 130 Å². The second kappa shape index (κ2) is 15.3. The Balaban J connectivity index is 1.03. The quantitative estimate of drug-likeness (QED) is 0.146. The van der Waals surface area contributed by atoms with E-state index >= 15 is 0 Å². The molecule has 0 aliphatic carbocycles. The van der Waals surface area contributed by atoms with Crippen LogP contribution < -0.4 is 0 Å². The number of hydrogen-bond acceptors (Lipinski definition) is 1. The maximum absolute atomic E-state index is 2.45. The van der Waals surface area contributed by atoms with Gasteiger partial charge in [-0.25, -0.2) is 0 Å². The first kappa shape index (κ1) is 37.5. The highest BCUT2D eigenvalue weighted by atomic mass is 32.1. The first-order chi connectivity index (χ1) is 32.3. The van der Waals surface area contributed by atoms with E-state index in [4.69, 9.17) is 0 Å². The number of hydrogen-bond donors (Lipinski definition) is 0. The molecule has 1 heteroatoms. The molecular formula is C64H40S. The Kier molecular flexibility index (Phi) is 8.82. The molecule has 0 fully saturated rings.